The van der Waals surface area contributed by atoms with Crippen LogP contribution < -0.4 is 0 Å². The maximum absolute atomic E-state index is 10.0. The Morgan fingerprint density at radius 1 is 1.13 bits per heavy atom. The highest BCUT2D eigenvalue weighted by atomic mass is 35.5. The molecule has 1 atom stereocenters. The molecule has 1 aromatic carbocycles. The number of pyridine rings is 1. The van der Waals surface area contributed by atoms with Gasteiger partial charge in [0.2, 0.25) is 0 Å². The van der Waals surface area contributed by atoms with Gasteiger partial charge < -0.3 is 14.1 Å². The molecule has 0 aliphatic heterocycles. The van der Waals surface area contributed by atoms with Gasteiger partial charge in [-0.25, -0.2) is 9.97 Å². The molecule has 6 heteroatoms. The van der Waals surface area contributed by atoms with Gasteiger partial charge in [-0.1, -0.05) is 23.7 Å². The first-order chi connectivity index (χ1) is 11.1. The molecule has 0 aliphatic rings. The summed E-state index contributed by atoms with van der Waals surface area (Å²) in [4.78, 5) is 9.14. The Hall–Kier alpha value is -2.37. The average Bonchev–Trinajstić information content (AvgIpc) is 3.08. The minimum atomic E-state index is -0.645. The summed E-state index contributed by atoms with van der Waals surface area (Å²) in [5.41, 5.74) is 3.58. The number of nitrogens with zero attached hydrogens (tertiary/aromatic N) is 4. The van der Waals surface area contributed by atoms with Crippen LogP contribution in [0, 0.1) is 0 Å². The van der Waals surface area contributed by atoms with E-state index in [2.05, 4.69) is 9.97 Å². The van der Waals surface area contributed by atoms with Crippen LogP contribution >= 0.6 is 11.6 Å². The number of hydrogen-bond acceptors (Lipinski definition) is 3. The van der Waals surface area contributed by atoms with E-state index in [1.54, 1.807) is 6.92 Å². The Kier molecular flexibility index (Phi) is 3.32. The monoisotopic (exact) mass is 326 g/mol. The molecular formula is C17H15ClN4O. The molecule has 3 heterocycles. The van der Waals surface area contributed by atoms with Crippen LogP contribution in [0.1, 0.15) is 24.5 Å². The highest BCUT2D eigenvalue weighted by molar-refractivity contribution is 6.30. The van der Waals surface area contributed by atoms with Crippen LogP contribution in [0.15, 0.2) is 48.8 Å². The summed E-state index contributed by atoms with van der Waals surface area (Å²) in [5.74, 6) is 0.640. The molecule has 0 bridgehead atoms. The first-order valence-corrected chi connectivity index (χ1v) is 7.76. The molecule has 0 amide bonds. The number of aromatic nitrogens is 4. The lowest BCUT2D eigenvalue weighted by molar-refractivity contribution is 0.185. The third-order valence-electron chi connectivity index (χ3n) is 3.84. The molecule has 4 rings (SSSR count). The zero-order valence-electron chi connectivity index (χ0n) is 12.5. The van der Waals surface area contributed by atoms with Crippen molar-refractivity contribution in [2.24, 2.45) is 0 Å². The van der Waals surface area contributed by atoms with Gasteiger partial charge in [-0.05, 0) is 31.2 Å². The van der Waals surface area contributed by atoms with Gasteiger partial charge in [-0.15, -0.1) is 0 Å². The van der Waals surface area contributed by atoms with E-state index in [9.17, 15) is 5.11 Å². The zero-order chi connectivity index (χ0) is 16.0. The minimum Gasteiger partial charge on any atom is -0.385 e. The van der Waals surface area contributed by atoms with Gasteiger partial charge in [-0.3, -0.25) is 0 Å². The Morgan fingerprint density at radius 2 is 1.96 bits per heavy atom. The maximum Gasteiger partial charge on any atom is 0.138 e. The van der Waals surface area contributed by atoms with E-state index in [0.29, 0.717) is 17.4 Å². The van der Waals surface area contributed by atoms with Crippen molar-refractivity contribution in [2.45, 2.75) is 19.6 Å². The Bertz CT molecular complexity index is 1000. The van der Waals surface area contributed by atoms with E-state index in [4.69, 9.17) is 11.6 Å². The average molecular weight is 327 g/mol. The number of para-hydroxylation sites is 2. The lowest BCUT2D eigenvalue weighted by atomic mass is 10.3. The van der Waals surface area contributed by atoms with Crippen molar-refractivity contribution in [3.8, 4) is 0 Å². The van der Waals surface area contributed by atoms with Crippen molar-refractivity contribution in [3.05, 3.63) is 65.3 Å². The number of halogens is 1. The minimum absolute atomic E-state index is 0.542. The molecule has 0 unspecified atom stereocenters. The smallest absolute Gasteiger partial charge is 0.138 e. The van der Waals surface area contributed by atoms with E-state index < -0.39 is 6.10 Å². The third kappa shape index (κ3) is 2.48. The summed E-state index contributed by atoms with van der Waals surface area (Å²) in [6.07, 6.45) is 3.13. The predicted molar refractivity (Wildman–Crippen MR) is 89.7 cm³/mol. The van der Waals surface area contributed by atoms with Crippen LogP contribution in [-0.4, -0.2) is 24.0 Å². The van der Waals surface area contributed by atoms with E-state index in [1.807, 2.05) is 57.8 Å². The largest absolute Gasteiger partial charge is 0.385 e. The second kappa shape index (κ2) is 5.37. The van der Waals surface area contributed by atoms with Gasteiger partial charge in [0.1, 0.15) is 17.6 Å². The fourth-order valence-electron chi connectivity index (χ4n) is 2.83. The van der Waals surface area contributed by atoms with Gasteiger partial charge in [-0.2, -0.15) is 0 Å². The van der Waals surface area contributed by atoms with Gasteiger partial charge in [0.05, 0.1) is 28.3 Å². The number of aliphatic hydroxyl groups is 1. The molecule has 0 fully saturated rings. The van der Waals surface area contributed by atoms with Crippen molar-refractivity contribution in [2.75, 3.05) is 0 Å². The molecule has 0 radical (unpaired) electrons. The first kappa shape index (κ1) is 14.2. The molecule has 0 saturated heterocycles. The summed E-state index contributed by atoms with van der Waals surface area (Å²) < 4.78 is 3.90. The van der Waals surface area contributed by atoms with Crippen molar-refractivity contribution < 1.29 is 5.11 Å². The zero-order valence-corrected chi connectivity index (χ0v) is 13.3. The number of hydrogen-bond donors (Lipinski definition) is 1. The number of benzene rings is 1. The summed E-state index contributed by atoms with van der Waals surface area (Å²) in [6.45, 7) is 2.27. The molecule has 1 N–H and O–H groups in total. The summed E-state index contributed by atoms with van der Waals surface area (Å²) >= 11 is 6.02. The molecule has 5 nitrogen and oxygen atoms in total. The van der Waals surface area contributed by atoms with Crippen LogP contribution in [0.4, 0.5) is 0 Å². The summed E-state index contributed by atoms with van der Waals surface area (Å²) in [7, 11) is 0. The third-order valence-corrected chi connectivity index (χ3v) is 4.07. The highest BCUT2D eigenvalue weighted by Crippen LogP contribution is 2.22. The predicted octanol–water partition coefficient (Wildman–Crippen LogP) is 3.44. The van der Waals surface area contributed by atoms with E-state index in [1.165, 1.54) is 0 Å². The van der Waals surface area contributed by atoms with Gasteiger partial charge in [0.25, 0.3) is 0 Å². The van der Waals surface area contributed by atoms with Gasteiger partial charge >= 0.3 is 0 Å². The standard InChI is InChI=1S/C17H15ClN4O/c1-11(23)17-20-14-4-2-3-5-15(14)22(17)10-13-9-21-8-12(18)6-7-16(21)19-13/h2-9,11,23H,10H2,1H3/t11-/m0/s1. The Balaban J connectivity index is 1.83. The second-order valence-electron chi connectivity index (χ2n) is 5.57. The van der Waals surface area contributed by atoms with Crippen LogP contribution in [0.2, 0.25) is 5.02 Å². The number of rotatable bonds is 3. The van der Waals surface area contributed by atoms with Crippen molar-refractivity contribution in [1.29, 1.82) is 0 Å². The number of imidazole rings is 2. The lowest BCUT2D eigenvalue weighted by Crippen LogP contribution is -2.08. The second-order valence-corrected chi connectivity index (χ2v) is 6.00. The molecular weight excluding hydrogens is 312 g/mol. The molecule has 0 spiro atoms. The van der Waals surface area contributed by atoms with Crippen molar-refractivity contribution in [3.63, 3.8) is 0 Å². The molecule has 4 aromatic rings. The fraction of sp³-hybridized carbons (Fsp3) is 0.176. The Morgan fingerprint density at radius 3 is 2.78 bits per heavy atom. The van der Waals surface area contributed by atoms with E-state index in [-0.39, 0.29) is 0 Å². The van der Waals surface area contributed by atoms with Gasteiger partial charge in [0, 0.05) is 12.4 Å². The van der Waals surface area contributed by atoms with Crippen LogP contribution in [0.3, 0.4) is 0 Å². The van der Waals surface area contributed by atoms with Crippen LogP contribution in [0.25, 0.3) is 16.7 Å². The number of aliphatic hydroxyl groups excluding tert-OH is 1. The quantitative estimate of drug-likeness (QED) is 0.627. The van der Waals surface area contributed by atoms with Crippen molar-refractivity contribution >= 4 is 28.3 Å². The molecule has 3 aromatic heterocycles. The summed E-state index contributed by atoms with van der Waals surface area (Å²) in [6, 6.07) is 11.6. The summed E-state index contributed by atoms with van der Waals surface area (Å²) in [5, 5.41) is 10.7. The van der Waals surface area contributed by atoms with E-state index >= 15 is 0 Å². The molecule has 116 valence electrons. The Labute approximate surface area is 137 Å². The maximum atomic E-state index is 10.0. The normalized spacial score (nSPS) is 13.0. The molecule has 23 heavy (non-hydrogen) atoms. The SMILES string of the molecule is C[C@H](O)c1nc2ccccc2n1Cc1cn2cc(Cl)ccc2n1. The molecule has 0 saturated carbocycles. The van der Waals surface area contributed by atoms with Crippen molar-refractivity contribution in [1.82, 2.24) is 18.9 Å². The fourth-order valence-corrected chi connectivity index (χ4v) is 3.00. The number of fused-ring (bicyclic) bond motifs is 2. The van der Waals surface area contributed by atoms with E-state index in [0.717, 1.165) is 22.4 Å². The highest BCUT2D eigenvalue weighted by Gasteiger charge is 2.15. The van der Waals surface area contributed by atoms with Crippen LogP contribution in [0.5, 0.6) is 0 Å². The topological polar surface area (TPSA) is 55.4 Å². The molecule has 0 aliphatic carbocycles. The lowest BCUT2D eigenvalue weighted by Gasteiger charge is -2.09. The van der Waals surface area contributed by atoms with Crippen LogP contribution in [-0.2, 0) is 6.54 Å². The van der Waals surface area contributed by atoms with Gasteiger partial charge in [0.15, 0.2) is 0 Å². The first-order valence-electron chi connectivity index (χ1n) is 7.38.